The van der Waals surface area contributed by atoms with Gasteiger partial charge in [0.2, 0.25) is 17.7 Å². The molecule has 1 saturated carbocycles. The molecule has 178 valence electrons. The summed E-state index contributed by atoms with van der Waals surface area (Å²) in [6.45, 7) is 2.28. The highest BCUT2D eigenvalue weighted by molar-refractivity contribution is 6.01. The minimum Gasteiger partial charge on any atom is -0.354 e. The predicted octanol–water partition coefficient (Wildman–Crippen LogP) is 4.81. The number of carbonyl (C=O) groups is 2. The van der Waals surface area contributed by atoms with Crippen LogP contribution in [0.5, 0.6) is 0 Å². The standard InChI is InChI=1S/C26H28F2N4O2/c1-17(18-5-3-2-4-6-18)25(34)31(22-14-24(33)29-16-22)21-7-8-23-19(13-21)15-30-32(23)20-9-11-26(27,28)12-10-20/h2-8,13,15,17,20,22H,9-12,14,16H2,1H3,(H,29,33). The number of fused-ring (bicyclic) bond motifs is 1. The maximum Gasteiger partial charge on any atom is 0.248 e. The van der Waals surface area contributed by atoms with Gasteiger partial charge >= 0.3 is 0 Å². The van der Waals surface area contributed by atoms with Crippen LogP contribution < -0.4 is 10.2 Å². The van der Waals surface area contributed by atoms with E-state index in [1.807, 2.05) is 60.1 Å². The van der Waals surface area contributed by atoms with Crippen molar-refractivity contribution in [3.05, 3.63) is 60.3 Å². The molecule has 2 amide bonds. The van der Waals surface area contributed by atoms with Gasteiger partial charge in [-0.3, -0.25) is 14.3 Å². The second-order valence-corrected chi connectivity index (χ2v) is 9.42. The van der Waals surface area contributed by atoms with Crippen molar-refractivity contribution in [3.8, 4) is 0 Å². The van der Waals surface area contributed by atoms with Crippen molar-refractivity contribution in [3.63, 3.8) is 0 Å². The molecule has 1 aliphatic heterocycles. The average Bonchev–Trinajstić information content (AvgIpc) is 3.45. The van der Waals surface area contributed by atoms with Crippen molar-refractivity contribution in [1.29, 1.82) is 0 Å². The Kier molecular flexibility index (Phi) is 5.83. The molecule has 3 aromatic rings. The Bertz CT molecular complexity index is 1200. The van der Waals surface area contributed by atoms with Crippen LogP contribution in [0, 0.1) is 0 Å². The van der Waals surface area contributed by atoms with Crippen molar-refractivity contribution in [2.45, 2.75) is 63.0 Å². The zero-order valence-corrected chi connectivity index (χ0v) is 19.1. The summed E-state index contributed by atoms with van der Waals surface area (Å²) in [5.41, 5.74) is 2.48. The van der Waals surface area contributed by atoms with Crippen LogP contribution in [0.3, 0.4) is 0 Å². The van der Waals surface area contributed by atoms with Gasteiger partial charge in [0.05, 0.1) is 29.7 Å². The molecule has 0 bridgehead atoms. The number of amides is 2. The van der Waals surface area contributed by atoms with Gasteiger partial charge in [0, 0.05) is 36.9 Å². The monoisotopic (exact) mass is 466 g/mol. The number of nitrogens with zero attached hydrogens (tertiary/aromatic N) is 3. The number of nitrogens with one attached hydrogen (secondary N) is 1. The zero-order chi connectivity index (χ0) is 23.9. The number of alkyl halides is 2. The third kappa shape index (κ3) is 4.29. The Balaban J connectivity index is 1.46. The number of carbonyl (C=O) groups excluding carboxylic acids is 2. The Hall–Kier alpha value is -3.29. The molecule has 5 rings (SSSR count). The highest BCUT2D eigenvalue weighted by atomic mass is 19.3. The molecule has 2 heterocycles. The second kappa shape index (κ2) is 8.81. The van der Waals surface area contributed by atoms with Gasteiger partial charge < -0.3 is 10.2 Å². The lowest BCUT2D eigenvalue weighted by atomic mass is 9.92. The maximum absolute atomic E-state index is 13.7. The SMILES string of the molecule is CC(C(=O)N(c1ccc2c(cnn2C2CCC(F)(F)CC2)c1)C1CNC(=O)C1)c1ccccc1. The number of halogens is 2. The highest BCUT2D eigenvalue weighted by Crippen LogP contribution is 2.39. The maximum atomic E-state index is 13.7. The van der Waals surface area contributed by atoms with Crippen molar-refractivity contribution in [2.24, 2.45) is 0 Å². The third-order valence-electron chi connectivity index (χ3n) is 7.12. The van der Waals surface area contributed by atoms with Crippen LogP contribution in [0.25, 0.3) is 10.9 Å². The first-order valence-electron chi connectivity index (χ1n) is 11.8. The number of benzene rings is 2. The van der Waals surface area contributed by atoms with Crippen LogP contribution in [-0.4, -0.2) is 40.1 Å². The van der Waals surface area contributed by atoms with Crippen LogP contribution in [0.2, 0.25) is 0 Å². The first kappa shape index (κ1) is 22.5. The van der Waals surface area contributed by atoms with Gasteiger partial charge in [-0.05, 0) is 43.5 Å². The van der Waals surface area contributed by atoms with E-state index >= 15 is 0 Å². The number of rotatable bonds is 5. The predicted molar refractivity (Wildman–Crippen MR) is 126 cm³/mol. The van der Waals surface area contributed by atoms with Crippen molar-refractivity contribution in [2.75, 3.05) is 11.4 Å². The lowest BCUT2D eigenvalue weighted by Gasteiger charge is -2.31. The van der Waals surface area contributed by atoms with E-state index in [4.69, 9.17) is 0 Å². The minimum atomic E-state index is -2.59. The molecule has 1 aromatic heterocycles. The molecule has 0 spiro atoms. The topological polar surface area (TPSA) is 67.2 Å². The molecule has 2 aliphatic rings. The molecule has 1 N–H and O–H groups in total. The van der Waals surface area contributed by atoms with Gasteiger partial charge in [-0.25, -0.2) is 8.78 Å². The smallest absolute Gasteiger partial charge is 0.248 e. The van der Waals surface area contributed by atoms with E-state index in [9.17, 15) is 18.4 Å². The van der Waals surface area contributed by atoms with Crippen molar-refractivity contribution < 1.29 is 18.4 Å². The van der Waals surface area contributed by atoms with Gasteiger partial charge in [-0.2, -0.15) is 5.10 Å². The molecular formula is C26H28F2N4O2. The van der Waals surface area contributed by atoms with E-state index in [1.165, 1.54) is 0 Å². The fourth-order valence-corrected chi connectivity index (χ4v) is 5.13. The summed E-state index contributed by atoms with van der Waals surface area (Å²) < 4.78 is 29.1. The largest absolute Gasteiger partial charge is 0.354 e. The van der Waals surface area contributed by atoms with Crippen LogP contribution in [0.4, 0.5) is 14.5 Å². The quantitative estimate of drug-likeness (QED) is 0.587. The number of hydrogen-bond donors (Lipinski definition) is 1. The Morgan fingerprint density at radius 3 is 2.59 bits per heavy atom. The van der Waals surface area contributed by atoms with E-state index in [1.54, 1.807) is 11.1 Å². The summed E-state index contributed by atoms with van der Waals surface area (Å²) >= 11 is 0. The van der Waals surface area contributed by atoms with Gasteiger partial charge in [0.25, 0.3) is 0 Å². The Morgan fingerprint density at radius 2 is 1.91 bits per heavy atom. The Labute approximate surface area is 196 Å². The molecular weight excluding hydrogens is 438 g/mol. The molecule has 2 fully saturated rings. The molecule has 2 unspecified atom stereocenters. The fourth-order valence-electron chi connectivity index (χ4n) is 5.13. The van der Waals surface area contributed by atoms with E-state index in [-0.39, 0.29) is 49.1 Å². The van der Waals surface area contributed by atoms with E-state index in [2.05, 4.69) is 10.4 Å². The fraction of sp³-hybridized carbons (Fsp3) is 0.423. The first-order valence-corrected chi connectivity index (χ1v) is 11.8. The molecule has 1 aliphatic carbocycles. The summed E-state index contributed by atoms with van der Waals surface area (Å²) in [5, 5.41) is 8.18. The van der Waals surface area contributed by atoms with Gasteiger partial charge in [0.15, 0.2) is 0 Å². The normalized spacial score (nSPS) is 21.4. The van der Waals surface area contributed by atoms with Gasteiger partial charge in [-0.15, -0.1) is 0 Å². The molecule has 8 heteroatoms. The number of anilines is 1. The summed E-state index contributed by atoms with van der Waals surface area (Å²) in [7, 11) is 0. The molecule has 34 heavy (non-hydrogen) atoms. The second-order valence-electron chi connectivity index (χ2n) is 9.42. The van der Waals surface area contributed by atoms with Crippen molar-refractivity contribution in [1.82, 2.24) is 15.1 Å². The van der Waals surface area contributed by atoms with Gasteiger partial charge in [0.1, 0.15) is 0 Å². The molecule has 2 aromatic carbocycles. The van der Waals surface area contributed by atoms with Gasteiger partial charge in [-0.1, -0.05) is 30.3 Å². The van der Waals surface area contributed by atoms with E-state index < -0.39 is 5.92 Å². The summed E-state index contributed by atoms with van der Waals surface area (Å²) in [4.78, 5) is 27.4. The summed E-state index contributed by atoms with van der Waals surface area (Å²) in [6, 6.07) is 14.9. The molecule has 6 nitrogen and oxygen atoms in total. The average molecular weight is 467 g/mol. The van der Waals surface area contributed by atoms with E-state index in [0.717, 1.165) is 16.5 Å². The number of aromatic nitrogens is 2. The molecule has 2 atom stereocenters. The van der Waals surface area contributed by atoms with E-state index in [0.29, 0.717) is 25.1 Å². The minimum absolute atomic E-state index is 0.0598. The van der Waals surface area contributed by atoms with Crippen molar-refractivity contribution >= 4 is 28.4 Å². The van der Waals surface area contributed by atoms with Crippen LogP contribution >= 0.6 is 0 Å². The lowest BCUT2D eigenvalue weighted by Crippen LogP contribution is -2.43. The molecule has 1 saturated heterocycles. The third-order valence-corrected chi connectivity index (χ3v) is 7.12. The summed E-state index contributed by atoms with van der Waals surface area (Å²) in [5.74, 6) is -3.11. The Morgan fingerprint density at radius 1 is 1.18 bits per heavy atom. The molecule has 0 radical (unpaired) electrons. The zero-order valence-electron chi connectivity index (χ0n) is 19.1. The van der Waals surface area contributed by atoms with Crippen LogP contribution in [0.1, 0.15) is 56.6 Å². The van der Waals surface area contributed by atoms with Crippen LogP contribution in [-0.2, 0) is 9.59 Å². The first-order chi connectivity index (χ1) is 16.3. The summed E-state index contributed by atoms with van der Waals surface area (Å²) in [6.07, 6.45) is 2.51. The lowest BCUT2D eigenvalue weighted by molar-refractivity contribution is -0.120. The number of hydrogen-bond acceptors (Lipinski definition) is 3. The highest BCUT2D eigenvalue weighted by Gasteiger charge is 2.37. The van der Waals surface area contributed by atoms with Crippen LogP contribution in [0.15, 0.2) is 54.7 Å².